The van der Waals surface area contributed by atoms with E-state index in [0.29, 0.717) is 12.5 Å². The number of hydrogen-bond donors (Lipinski definition) is 2. The highest BCUT2D eigenvalue weighted by Gasteiger charge is 2.24. The minimum atomic E-state index is -0.112. The second-order valence-electron chi connectivity index (χ2n) is 6.81. The second-order valence-corrected chi connectivity index (χ2v) is 6.81. The first kappa shape index (κ1) is 15.5. The van der Waals surface area contributed by atoms with Gasteiger partial charge in [0.25, 0.3) is 0 Å². The molecular formula is C17H28N2O. The summed E-state index contributed by atoms with van der Waals surface area (Å²) in [4.78, 5) is 0. The third kappa shape index (κ3) is 4.30. The van der Waals surface area contributed by atoms with E-state index >= 15 is 0 Å². The fraction of sp³-hybridized carbons (Fsp3) is 0.647. The van der Waals surface area contributed by atoms with Crippen molar-refractivity contribution in [2.45, 2.75) is 64.0 Å². The molecule has 0 aliphatic heterocycles. The molecule has 0 aromatic heterocycles. The Morgan fingerprint density at radius 1 is 1.35 bits per heavy atom. The van der Waals surface area contributed by atoms with E-state index < -0.39 is 0 Å². The van der Waals surface area contributed by atoms with Gasteiger partial charge in [-0.25, -0.2) is 0 Å². The molecule has 0 spiro atoms. The number of nitrogens with one attached hydrogen (secondary N) is 1. The Bertz CT molecular complexity index is 425. The minimum absolute atomic E-state index is 0.112. The van der Waals surface area contributed by atoms with Crippen LogP contribution in [0.3, 0.4) is 0 Å². The first-order valence-electron chi connectivity index (χ1n) is 7.67. The lowest BCUT2D eigenvalue weighted by Gasteiger charge is -2.30. The van der Waals surface area contributed by atoms with Crippen LogP contribution in [0.1, 0.15) is 57.1 Å². The fourth-order valence-electron chi connectivity index (χ4n) is 2.98. The van der Waals surface area contributed by atoms with E-state index in [0.717, 1.165) is 6.42 Å². The molecular weight excluding hydrogens is 248 g/mol. The number of benzene rings is 1. The average molecular weight is 276 g/mol. The Kier molecular flexibility index (Phi) is 5.19. The molecule has 2 unspecified atom stereocenters. The van der Waals surface area contributed by atoms with Crippen LogP contribution in [-0.4, -0.2) is 18.2 Å². The Hall–Kier alpha value is -0.900. The number of nitrogens with two attached hydrogens (primary N) is 1. The van der Waals surface area contributed by atoms with Gasteiger partial charge in [-0.3, -0.25) is 11.3 Å². The van der Waals surface area contributed by atoms with Crippen molar-refractivity contribution < 1.29 is 4.74 Å². The molecule has 2 rings (SSSR count). The summed E-state index contributed by atoms with van der Waals surface area (Å²) in [6, 6.07) is 9.04. The highest BCUT2D eigenvalue weighted by molar-refractivity contribution is 5.32. The third-order valence-electron chi connectivity index (χ3n) is 4.02. The molecule has 1 aliphatic carbocycles. The minimum Gasteiger partial charge on any atom is -0.374 e. The van der Waals surface area contributed by atoms with Crippen LogP contribution < -0.4 is 11.3 Å². The summed E-state index contributed by atoms with van der Waals surface area (Å²) >= 11 is 0. The van der Waals surface area contributed by atoms with Gasteiger partial charge in [0, 0.05) is 6.04 Å². The van der Waals surface area contributed by atoms with Gasteiger partial charge in [0.1, 0.15) is 0 Å². The Balaban J connectivity index is 1.98. The maximum Gasteiger partial charge on any atom is 0.0640 e. The molecule has 0 heterocycles. The summed E-state index contributed by atoms with van der Waals surface area (Å²) in [5, 5.41) is 0. The zero-order valence-corrected chi connectivity index (χ0v) is 13.0. The quantitative estimate of drug-likeness (QED) is 0.641. The van der Waals surface area contributed by atoms with Gasteiger partial charge >= 0.3 is 0 Å². The van der Waals surface area contributed by atoms with E-state index in [1.165, 1.54) is 30.4 Å². The summed E-state index contributed by atoms with van der Waals surface area (Å²) in [7, 11) is 0. The zero-order valence-electron chi connectivity index (χ0n) is 13.0. The smallest absolute Gasteiger partial charge is 0.0640 e. The molecule has 3 nitrogen and oxygen atoms in total. The Labute approximate surface area is 122 Å². The van der Waals surface area contributed by atoms with Gasteiger partial charge in [0.05, 0.1) is 12.2 Å². The van der Waals surface area contributed by atoms with Crippen molar-refractivity contribution in [2.75, 3.05) is 6.61 Å². The standard InChI is InChI=1S/C17H28N2O/c1-17(2,3)20-12-15(19-18)11-14-9-6-8-13-7-4-5-10-16(13)14/h4-5,7,10,14-15,19H,6,8-9,11-12,18H2,1-3H3. The van der Waals surface area contributed by atoms with Crippen LogP contribution in [0.25, 0.3) is 0 Å². The predicted molar refractivity (Wildman–Crippen MR) is 83.6 cm³/mol. The number of aryl methyl sites for hydroxylation is 1. The summed E-state index contributed by atoms with van der Waals surface area (Å²) in [6.07, 6.45) is 4.79. The van der Waals surface area contributed by atoms with Crippen molar-refractivity contribution in [1.29, 1.82) is 0 Å². The first-order valence-corrected chi connectivity index (χ1v) is 7.67. The summed E-state index contributed by atoms with van der Waals surface area (Å²) < 4.78 is 5.87. The molecule has 3 heteroatoms. The van der Waals surface area contributed by atoms with E-state index in [4.69, 9.17) is 10.6 Å². The second kappa shape index (κ2) is 6.70. The topological polar surface area (TPSA) is 47.3 Å². The van der Waals surface area contributed by atoms with Gasteiger partial charge in [0.15, 0.2) is 0 Å². The molecule has 0 amide bonds. The number of hydrogen-bond acceptors (Lipinski definition) is 3. The number of rotatable bonds is 5. The van der Waals surface area contributed by atoms with Crippen LogP contribution in [0.4, 0.5) is 0 Å². The largest absolute Gasteiger partial charge is 0.374 e. The average Bonchev–Trinajstić information content (AvgIpc) is 2.42. The van der Waals surface area contributed by atoms with Crippen LogP contribution in [0.15, 0.2) is 24.3 Å². The van der Waals surface area contributed by atoms with Crippen LogP contribution in [0, 0.1) is 0 Å². The van der Waals surface area contributed by atoms with Crippen LogP contribution in [-0.2, 0) is 11.2 Å². The number of fused-ring (bicyclic) bond motifs is 1. The van der Waals surface area contributed by atoms with Gasteiger partial charge < -0.3 is 4.74 Å². The number of ether oxygens (including phenoxy) is 1. The molecule has 20 heavy (non-hydrogen) atoms. The molecule has 1 aromatic rings. The molecule has 0 saturated heterocycles. The summed E-state index contributed by atoms with van der Waals surface area (Å²) in [5.41, 5.74) is 5.84. The molecule has 0 bridgehead atoms. The van der Waals surface area contributed by atoms with Crippen LogP contribution >= 0.6 is 0 Å². The normalized spacial score (nSPS) is 20.5. The predicted octanol–water partition coefficient (Wildman–Crippen LogP) is 3.14. The van der Waals surface area contributed by atoms with E-state index in [1.54, 1.807) is 0 Å². The highest BCUT2D eigenvalue weighted by atomic mass is 16.5. The molecule has 1 aromatic carbocycles. The summed E-state index contributed by atoms with van der Waals surface area (Å²) in [5.74, 6) is 6.31. The number of hydrazine groups is 1. The maximum atomic E-state index is 5.87. The van der Waals surface area contributed by atoms with Crippen molar-refractivity contribution in [1.82, 2.24) is 5.43 Å². The maximum absolute atomic E-state index is 5.87. The van der Waals surface area contributed by atoms with Crippen molar-refractivity contribution >= 4 is 0 Å². The Morgan fingerprint density at radius 3 is 2.80 bits per heavy atom. The fourth-order valence-corrected chi connectivity index (χ4v) is 2.98. The van der Waals surface area contributed by atoms with Gasteiger partial charge in [-0.15, -0.1) is 0 Å². The monoisotopic (exact) mass is 276 g/mol. The van der Waals surface area contributed by atoms with E-state index in [9.17, 15) is 0 Å². The lowest BCUT2D eigenvalue weighted by Crippen LogP contribution is -2.42. The zero-order chi connectivity index (χ0) is 14.6. The van der Waals surface area contributed by atoms with E-state index in [2.05, 4.69) is 50.5 Å². The molecule has 3 N–H and O–H groups in total. The van der Waals surface area contributed by atoms with Crippen molar-refractivity contribution in [3.05, 3.63) is 35.4 Å². The molecule has 0 radical (unpaired) electrons. The molecule has 112 valence electrons. The van der Waals surface area contributed by atoms with Gasteiger partial charge in [-0.05, 0) is 63.5 Å². The highest BCUT2D eigenvalue weighted by Crippen LogP contribution is 2.34. The van der Waals surface area contributed by atoms with Gasteiger partial charge in [0.2, 0.25) is 0 Å². The van der Waals surface area contributed by atoms with Gasteiger partial charge in [-0.1, -0.05) is 24.3 Å². The van der Waals surface area contributed by atoms with Crippen molar-refractivity contribution in [2.24, 2.45) is 5.84 Å². The van der Waals surface area contributed by atoms with Crippen molar-refractivity contribution in [3.63, 3.8) is 0 Å². The lowest BCUT2D eigenvalue weighted by molar-refractivity contribution is -0.0164. The SMILES string of the molecule is CC(C)(C)OCC(CC1CCCc2ccccc21)NN. The molecule has 0 fully saturated rings. The lowest BCUT2D eigenvalue weighted by atomic mass is 9.80. The van der Waals surface area contributed by atoms with E-state index in [-0.39, 0.29) is 11.6 Å². The van der Waals surface area contributed by atoms with Gasteiger partial charge in [-0.2, -0.15) is 0 Å². The Morgan fingerprint density at radius 2 is 2.10 bits per heavy atom. The van der Waals surface area contributed by atoms with Crippen molar-refractivity contribution in [3.8, 4) is 0 Å². The first-order chi connectivity index (χ1) is 9.49. The van der Waals surface area contributed by atoms with E-state index in [1.807, 2.05) is 0 Å². The van der Waals surface area contributed by atoms with Crippen LogP contribution in [0.5, 0.6) is 0 Å². The third-order valence-corrected chi connectivity index (χ3v) is 4.02. The molecule has 2 atom stereocenters. The molecule has 0 saturated carbocycles. The molecule has 1 aliphatic rings. The summed E-state index contributed by atoms with van der Waals surface area (Å²) in [6.45, 7) is 6.90. The van der Waals surface area contributed by atoms with Crippen LogP contribution in [0.2, 0.25) is 0 Å².